The first kappa shape index (κ1) is 24.1. The van der Waals surface area contributed by atoms with Crippen molar-refractivity contribution in [3.63, 3.8) is 0 Å². The van der Waals surface area contributed by atoms with Crippen LogP contribution in [0.15, 0.2) is 84.6 Å². The molecular weight excluding hydrogens is 432 g/mol. The lowest BCUT2D eigenvalue weighted by molar-refractivity contribution is -0.404. The fourth-order valence-electron chi connectivity index (χ4n) is 4.55. The van der Waals surface area contributed by atoms with Crippen molar-refractivity contribution in [3.8, 4) is 11.5 Å². The van der Waals surface area contributed by atoms with E-state index in [2.05, 4.69) is 93.8 Å². The van der Waals surface area contributed by atoms with E-state index in [4.69, 9.17) is 0 Å². The summed E-state index contributed by atoms with van der Waals surface area (Å²) < 4.78 is 2.17. The predicted molar refractivity (Wildman–Crippen MR) is 149 cm³/mol. The molecule has 0 radical (unpaired) electrons. The first-order valence-electron chi connectivity index (χ1n) is 11.8. The number of nitrogens with zero attached hydrogens (tertiary/aromatic N) is 2. The van der Waals surface area contributed by atoms with Gasteiger partial charge in [0.25, 0.3) is 0 Å². The molecule has 4 aromatic carbocycles. The van der Waals surface area contributed by atoms with Gasteiger partial charge in [-0.1, -0.05) is 24.3 Å². The zero-order chi connectivity index (χ0) is 25.3. The molecule has 0 heterocycles. The molecule has 0 aliphatic rings. The van der Waals surface area contributed by atoms with Crippen molar-refractivity contribution >= 4 is 38.6 Å². The predicted octanol–water partition coefficient (Wildman–Crippen LogP) is 7.35. The maximum absolute atomic E-state index is 9.92. The van der Waals surface area contributed by atoms with Crippen molar-refractivity contribution in [2.45, 2.75) is 27.7 Å². The summed E-state index contributed by atoms with van der Waals surface area (Å²) in [6, 6.07) is 19.4. The summed E-state index contributed by atoms with van der Waals surface area (Å²) in [5, 5.41) is 24.2. The summed E-state index contributed by atoms with van der Waals surface area (Å²) in [4.78, 5) is 2.17. The first-order valence-corrected chi connectivity index (χ1v) is 11.8. The number of hydrogen-bond acceptors (Lipinski definition) is 3. The molecule has 4 rings (SSSR count). The lowest BCUT2D eigenvalue weighted by Gasteiger charge is -2.23. The SMILES string of the molecule is C\C(=C/C=C/C(C)=[N+](\C)c1ccc2ccc(O)cc2c1C)N(C)c1ccc2ccc(O)cc2c1C. The van der Waals surface area contributed by atoms with Gasteiger partial charge in [0, 0.05) is 43.1 Å². The van der Waals surface area contributed by atoms with Crippen molar-refractivity contribution in [1.29, 1.82) is 0 Å². The molecule has 4 nitrogen and oxygen atoms in total. The number of fused-ring (bicyclic) bond motifs is 2. The molecule has 0 aromatic heterocycles. The Hall–Kier alpha value is -4.05. The monoisotopic (exact) mass is 465 g/mol. The minimum absolute atomic E-state index is 0.282. The second-order valence-electron chi connectivity index (χ2n) is 9.16. The van der Waals surface area contributed by atoms with Gasteiger partial charge in [-0.15, -0.1) is 0 Å². The van der Waals surface area contributed by atoms with Crippen molar-refractivity contribution in [2.75, 3.05) is 19.0 Å². The number of phenols is 2. The van der Waals surface area contributed by atoms with Crippen LogP contribution >= 0.6 is 0 Å². The molecule has 0 spiro atoms. The van der Waals surface area contributed by atoms with Gasteiger partial charge in [-0.25, -0.2) is 0 Å². The third kappa shape index (κ3) is 4.78. The molecule has 35 heavy (non-hydrogen) atoms. The van der Waals surface area contributed by atoms with E-state index in [0.29, 0.717) is 0 Å². The third-order valence-corrected chi connectivity index (χ3v) is 6.95. The molecule has 4 aromatic rings. The highest BCUT2D eigenvalue weighted by Crippen LogP contribution is 2.32. The molecule has 0 saturated carbocycles. The fraction of sp³-hybridized carbons (Fsp3) is 0.194. The van der Waals surface area contributed by atoms with Crippen LogP contribution in [0.25, 0.3) is 21.5 Å². The Morgan fingerprint density at radius 1 is 0.800 bits per heavy atom. The molecule has 0 bridgehead atoms. The summed E-state index contributed by atoms with van der Waals surface area (Å²) in [6.45, 7) is 8.37. The largest absolute Gasteiger partial charge is 0.508 e. The molecule has 2 N–H and O–H groups in total. The summed E-state index contributed by atoms with van der Waals surface area (Å²) >= 11 is 0. The first-order chi connectivity index (χ1) is 16.7. The third-order valence-electron chi connectivity index (χ3n) is 6.95. The molecule has 4 heteroatoms. The topological polar surface area (TPSA) is 46.7 Å². The summed E-state index contributed by atoms with van der Waals surface area (Å²) in [7, 11) is 4.13. The van der Waals surface area contributed by atoms with E-state index in [1.54, 1.807) is 12.1 Å². The molecule has 0 atom stereocenters. The van der Waals surface area contributed by atoms with E-state index in [0.717, 1.165) is 55.5 Å². The van der Waals surface area contributed by atoms with E-state index in [1.807, 2.05) is 24.3 Å². The van der Waals surface area contributed by atoms with E-state index in [1.165, 1.54) is 0 Å². The van der Waals surface area contributed by atoms with Crippen molar-refractivity contribution < 1.29 is 14.8 Å². The number of phenolic OH excluding ortho intramolecular Hbond substituents is 2. The lowest BCUT2D eigenvalue weighted by Crippen LogP contribution is -2.15. The number of rotatable bonds is 5. The van der Waals surface area contributed by atoms with E-state index >= 15 is 0 Å². The van der Waals surface area contributed by atoms with Gasteiger partial charge in [0.1, 0.15) is 18.5 Å². The van der Waals surface area contributed by atoms with Gasteiger partial charge in [-0.05, 0) is 90.4 Å². The maximum atomic E-state index is 9.92. The van der Waals surface area contributed by atoms with Gasteiger partial charge in [-0.3, -0.25) is 0 Å². The molecule has 0 amide bonds. The van der Waals surface area contributed by atoms with Crippen LogP contribution in [0.3, 0.4) is 0 Å². The minimum atomic E-state index is 0.282. The summed E-state index contributed by atoms with van der Waals surface area (Å²) in [5.74, 6) is 0.563. The zero-order valence-electron chi connectivity index (χ0n) is 21.3. The van der Waals surface area contributed by atoms with Crippen molar-refractivity contribution in [1.82, 2.24) is 0 Å². The number of benzene rings is 4. The molecule has 0 saturated heterocycles. The smallest absolute Gasteiger partial charge is 0.208 e. The number of aromatic hydroxyl groups is 2. The standard InChI is InChI=1S/C31H32N2O2/c1-20(32(5)30-16-12-24-10-14-26(34)18-28(24)22(30)3)8-7-9-21(2)33(6)31-17-13-25-11-15-27(35)19-29(25)23(31)4/h7-19H,1-6H3,(H-,34,35)/p+1. The Balaban J connectivity index is 1.60. The number of aryl methyl sites for hydroxylation is 2. The van der Waals surface area contributed by atoms with E-state index < -0.39 is 0 Å². The Morgan fingerprint density at radius 2 is 1.34 bits per heavy atom. The number of hydrogen-bond donors (Lipinski definition) is 2. The van der Waals surface area contributed by atoms with Crippen LogP contribution in [-0.2, 0) is 0 Å². The summed E-state index contributed by atoms with van der Waals surface area (Å²) in [5.41, 5.74) is 6.71. The van der Waals surface area contributed by atoms with Crippen molar-refractivity contribution in [2.24, 2.45) is 0 Å². The second-order valence-corrected chi connectivity index (χ2v) is 9.16. The van der Waals surface area contributed by atoms with Gasteiger partial charge in [0.15, 0.2) is 5.71 Å². The van der Waals surface area contributed by atoms with Gasteiger partial charge in [0.2, 0.25) is 5.69 Å². The highest BCUT2D eigenvalue weighted by atomic mass is 16.3. The molecular formula is C31H33N2O2+. The van der Waals surface area contributed by atoms with Gasteiger partial charge < -0.3 is 15.1 Å². The normalized spacial score (nSPS) is 13.0. The van der Waals surface area contributed by atoms with Gasteiger partial charge in [0.05, 0.1) is 0 Å². The van der Waals surface area contributed by atoms with E-state index in [9.17, 15) is 10.2 Å². The summed E-state index contributed by atoms with van der Waals surface area (Å²) in [6.07, 6.45) is 6.28. The lowest BCUT2D eigenvalue weighted by atomic mass is 10.0. The van der Waals surface area contributed by atoms with E-state index in [-0.39, 0.29) is 11.5 Å². The van der Waals surface area contributed by atoms with Gasteiger partial charge >= 0.3 is 0 Å². The van der Waals surface area contributed by atoms with Crippen LogP contribution in [0, 0.1) is 13.8 Å². The van der Waals surface area contributed by atoms with Crippen LogP contribution in [-0.4, -0.2) is 34.6 Å². The molecule has 0 unspecified atom stereocenters. The quantitative estimate of drug-likeness (QED) is 0.184. The highest BCUT2D eigenvalue weighted by Gasteiger charge is 2.14. The average Bonchev–Trinajstić information content (AvgIpc) is 2.84. The Bertz CT molecular complexity index is 1530. The maximum Gasteiger partial charge on any atom is 0.208 e. The Kier molecular flexibility index (Phi) is 6.65. The molecule has 178 valence electrons. The van der Waals surface area contributed by atoms with Crippen molar-refractivity contribution in [3.05, 3.63) is 95.7 Å². The van der Waals surface area contributed by atoms with Crippen LogP contribution in [0.5, 0.6) is 11.5 Å². The second kappa shape index (κ2) is 9.67. The average molecular weight is 466 g/mol. The highest BCUT2D eigenvalue weighted by molar-refractivity contribution is 5.93. The molecule has 0 aliphatic heterocycles. The van der Waals surface area contributed by atoms with Crippen LogP contribution in [0.4, 0.5) is 11.4 Å². The van der Waals surface area contributed by atoms with Gasteiger partial charge in [-0.2, -0.15) is 4.58 Å². The molecule has 0 aliphatic carbocycles. The Labute approximate surface area is 207 Å². The van der Waals surface area contributed by atoms with Crippen LogP contribution in [0.2, 0.25) is 0 Å². The number of anilines is 1. The molecule has 0 fully saturated rings. The fourth-order valence-corrected chi connectivity index (χ4v) is 4.55. The minimum Gasteiger partial charge on any atom is -0.508 e. The van der Waals surface area contributed by atoms with Crippen LogP contribution < -0.4 is 4.90 Å². The Morgan fingerprint density at radius 3 is 1.97 bits per heavy atom. The zero-order valence-corrected chi connectivity index (χ0v) is 21.3. The number of allylic oxidation sites excluding steroid dienone is 4. The van der Waals surface area contributed by atoms with Crippen LogP contribution in [0.1, 0.15) is 25.0 Å².